The third kappa shape index (κ3) is 5.42. The van der Waals surface area contributed by atoms with Crippen LogP contribution in [0.2, 0.25) is 0 Å². The Balaban J connectivity index is 0.00000240. The van der Waals surface area contributed by atoms with Gasteiger partial charge in [0.05, 0.1) is 18.8 Å². The molecule has 3 atom stereocenters. The van der Waals surface area contributed by atoms with Crippen molar-refractivity contribution in [2.75, 3.05) is 19.8 Å². The summed E-state index contributed by atoms with van der Waals surface area (Å²) in [5.41, 5.74) is 9.88. The number of para-hydroxylation sites is 1. The lowest BCUT2D eigenvalue weighted by molar-refractivity contribution is -0.0250. The van der Waals surface area contributed by atoms with E-state index in [1.54, 1.807) is 0 Å². The smallest absolute Gasteiger partial charge is 0.189 e. The maximum atomic E-state index is 6.24. The van der Waals surface area contributed by atoms with E-state index in [0.717, 1.165) is 37.2 Å². The minimum Gasteiger partial charge on any atom is -0.493 e. The van der Waals surface area contributed by atoms with Crippen LogP contribution < -0.4 is 15.8 Å². The zero-order valence-corrected chi connectivity index (χ0v) is 19.2. The molecule has 3 unspecified atom stereocenters. The Morgan fingerprint density at radius 3 is 2.72 bits per heavy atom. The maximum Gasteiger partial charge on any atom is 0.189 e. The lowest BCUT2D eigenvalue weighted by Crippen LogP contribution is -2.38. The second-order valence-corrected chi connectivity index (χ2v) is 7.70. The fourth-order valence-electron chi connectivity index (χ4n) is 4.09. The topological polar surface area (TPSA) is 68.9 Å². The monoisotopic (exact) mass is 507 g/mol. The third-order valence-corrected chi connectivity index (χ3v) is 5.63. The number of hydrogen-bond acceptors (Lipinski definition) is 3. The van der Waals surface area contributed by atoms with Crippen molar-refractivity contribution in [3.8, 4) is 5.75 Å². The number of benzene rings is 2. The summed E-state index contributed by atoms with van der Waals surface area (Å²) in [7, 11) is 0. The molecule has 0 saturated carbocycles. The highest BCUT2D eigenvalue weighted by atomic mass is 127. The number of nitrogens with one attached hydrogen (secondary N) is 1. The van der Waals surface area contributed by atoms with Crippen LogP contribution in [0.3, 0.4) is 0 Å². The number of nitrogens with two attached hydrogens (primary N) is 1. The van der Waals surface area contributed by atoms with Gasteiger partial charge in [0.25, 0.3) is 0 Å². The second-order valence-electron chi connectivity index (χ2n) is 7.70. The normalized spacial score (nSPS) is 24.0. The summed E-state index contributed by atoms with van der Waals surface area (Å²) in [5, 5.41) is 3.38. The predicted octanol–water partition coefficient (Wildman–Crippen LogP) is 4.51. The number of hydrogen-bond donors (Lipinski definition) is 2. The summed E-state index contributed by atoms with van der Waals surface area (Å²) < 4.78 is 11.8. The van der Waals surface area contributed by atoms with Crippen molar-refractivity contribution in [2.24, 2.45) is 16.6 Å². The van der Waals surface area contributed by atoms with E-state index in [2.05, 4.69) is 47.6 Å². The first-order valence-corrected chi connectivity index (χ1v) is 10.2. The van der Waals surface area contributed by atoms with Gasteiger partial charge >= 0.3 is 0 Å². The minimum absolute atomic E-state index is 0. The van der Waals surface area contributed by atoms with Gasteiger partial charge in [-0.1, -0.05) is 48.0 Å². The highest BCUT2D eigenvalue weighted by Gasteiger charge is 2.27. The molecular formula is C23H30IN3O2. The van der Waals surface area contributed by atoms with Gasteiger partial charge in [-0.05, 0) is 31.4 Å². The minimum atomic E-state index is 0. The Morgan fingerprint density at radius 2 is 1.90 bits per heavy atom. The molecule has 0 bridgehead atoms. The van der Waals surface area contributed by atoms with E-state index in [0.29, 0.717) is 25.0 Å². The molecule has 156 valence electrons. The van der Waals surface area contributed by atoms with Gasteiger partial charge in [0.1, 0.15) is 5.75 Å². The van der Waals surface area contributed by atoms with Gasteiger partial charge < -0.3 is 20.5 Å². The van der Waals surface area contributed by atoms with E-state index in [9.17, 15) is 0 Å². The van der Waals surface area contributed by atoms with Gasteiger partial charge in [0.2, 0.25) is 0 Å². The molecule has 6 heteroatoms. The quantitative estimate of drug-likeness (QED) is 0.363. The molecule has 5 nitrogen and oxygen atoms in total. The van der Waals surface area contributed by atoms with Crippen molar-refractivity contribution in [1.82, 2.24) is 5.32 Å². The molecule has 0 aliphatic carbocycles. The number of guanidine groups is 1. The molecule has 0 radical (unpaired) electrons. The van der Waals surface area contributed by atoms with Crippen molar-refractivity contribution >= 4 is 29.9 Å². The predicted molar refractivity (Wildman–Crippen MR) is 127 cm³/mol. The molecule has 1 saturated heterocycles. The summed E-state index contributed by atoms with van der Waals surface area (Å²) in [5.74, 6) is 1.77. The number of nitrogens with zero attached hydrogens (tertiary/aromatic N) is 1. The molecule has 0 spiro atoms. The van der Waals surface area contributed by atoms with Crippen LogP contribution in [0.1, 0.15) is 48.1 Å². The molecule has 2 heterocycles. The Kier molecular flexibility index (Phi) is 7.77. The van der Waals surface area contributed by atoms with Crippen LogP contribution in [0, 0.1) is 12.8 Å². The van der Waals surface area contributed by atoms with Gasteiger partial charge in [-0.2, -0.15) is 0 Å². The number of rotatable bonds is 4. The Labute approximate surface area is 190 Å². The molecule has 1 fully saturated rings. The van der Waals surface area contributed by atoms with Gasteiger partial charge in [-0.25, -0.2) is 0 Å². The van der Waals surface area contributed by atoms with E-state index in [4.69, 9.17) is 15.2 Å². The lowest BCUT2D eigenvalue weighted by atomic mass is 9.89. The molecule has 29 heavy (non-hydrogen) atoms. The van der Waals surface area contributed by atoms with E-state index >= 15 is 0 Å². The third-order valence-electron chi connectivity index (χ3n) is 5.63. The van der Waals surface area contributed by atoms with Gasteiger partial charge in [0, 0.05) is 31.1 Å². The molecule has 0 aromatic heterocycles. The first-order chi connectivity index (χ1) is 13.7. The summed E-state index contributed by atoms with van der Waals surface area (Å²) >= 11 is 0. The Morgan fingerprint density at radius 1 is 1.10 bits per heavy atom. The number of aryl methyl sites for hydroxylation is 1. The van der Waals surface area contributed by atoms with E-state index in [1.807, 2.05) is 18.2 Å². The fourth-order valence-corrected chi connectivity index (χ4v) is 4.09. The van der Waals surface area contributed by atoms with Gasteiger partial charge in [-0.3, -0.25) is 4.99 Å². The zero-order chi connectivity index (χ0) is 19.3. The first kappa shape index (κ1) is 21.9. The lowest BCUT2D eigenvalue weighted by Gasteiger charge is -2.31. The van der Waals surface area contributed by atoms with Crippen molar-refractivity contribution in [2.45, 2.75) is 38.3 Å². The fraction of sp³-hybridized carbons (Fsp3) is 0.435. The molecule has 2 aliphatic heterocycles. The molecule has 0 amide bonds. The van der Waals surface area contributed by atoms with Crippen molar-refractivity contribution in [1.29, 1.82) is 0 Å². The Bertz CT molecular complexity index is 825. The summed E-state index contributed by atoms with van der Waals surface area (Å²) in [6.07, 6.45) is 3.15. The molecule has 4 rings (SSSR count). The van der Waals surface area contributed by atoms with Crippen LogP contribution >= 0.6 is 24.0 Å². The van der Waals surface area contributed by atoms with Crippen LogP contribution in [-0.2, 0) is 4.74 Å². The molecule has 2 aromatic carbocycles. The van der Waals surface area contributed by atoms with Crippen molar-refractivity contribution in [3.63, 3.8) is 0 Å². The van der Waals surface area contributed by atoms with Crippen LogP contribution in [-0.4, -0.2) is 25.7 Å². The molecule has 2 aromatic rings. The second kappa shape index (κ2) is 10.3. The number of aliphatic imine (C=N–C) groups is 1. The van der Waals surface area contributed by atoms with Crippen LogP contribution in [0.5, 0.6) is 5.75 Å². The van der Waals surface area contributed by atoms with Gasteiger partial charge in [-0.15, -0.1) is 24.0 Å². The highest BCUT2D eigenvalue weighted by molar-refractivity contribution is 14.0. The van der Waals surface area contributed by atoms with Crippen molar-refractivity contribution in [3.05, 3.63) is 65.2 Å². The van der Waals surface area contributed by atoms with E-state index in [-0.39, 0.29) is 36.1 Å². The standard InChI is InChI=1S/C23H29N3O2.HI/c1-16-8-10-17(11-9-16)22-18(5-4-13-28-22)15-25-23(24)26-20-12-14-27-21-7-3-2-6-19(20)21;/h2-3,6-11,18,20,22H,4-5,12-15H2,1H3,(H3,24,25,26);1H. The maximum absolute atomic E-state index is 6.24. The van der Waals surface area contributed by atoms with E-state index in [1.165, 1.54) is 11.1 Å². The summed E-state index contributed by atoms with van der Waals surface area (Å²) in [6.45, 7) is 4.27. The Hall–Kier alpha value is -1.80. The van der Waals surface area contributed by atoms with Crippen LogP contribution in [0.25, 0.3) is 0 Å². The summed E-state index contributed by atoms with van der Waals surface area (Å²) in [4.78, 5) is 4.67. The van der Waals surface area contributed by atoms with Crippen LogP contribution in [0.4, 0.5) is 0 Å². The van der Waals surface area contributed by atoms with E-state index < -0.39 is 0 Å². The molecule has 2 aliphatic rings. The largest absolute Gasteiger partial charge is 0.493 e. The highest BCUT2D eigenvalue weighted by Crippen LogP contribution is 2.34. The molecule has 3 N–H and O–H groups in total. The number of ether oxygens (including phenoxy) is 2. The number of halogens is 1. The number of fused-ring (bicyclic) bond motifs is 1. The first-order valence-electron chi connectivity index (χ1n) is 10.2. The van der Waals surface area contributed by atoms with Crippen molar-refractivity contribution < 1.29 is 9.47 Å². The zero-order valence-electron chi connectivity index (χ0n) is 16.8. The summed E-state index contributed by atoms with van der Waals surface area (Å²) in [6, 6.07) is 16.9. The van der Waals surface area contributed by atoms with Crippen LogP contribution in [0.15, 0.2) is 53.5 Å². The average Bonchev–Trinajstić information content (AvgIpc) is 2.73. The average molecular weight is 507 g/mol. The molecular weight excluding hydrogens is 477 g/mol. The van der Waals surface area contributed by atoms with Gasteiger partial charge in [0.15, 0.2) is 5.96 Å². The SMILES string of the molecule is Cc1ccc(C2OCCCC2CN=C(N)NC2CCOc3ccccc32)cc1.I.